The Bertz CT molecular complexity index is 248. The van der Waals surface area contributed by atoms with E-state index in [0.29, 0.717) is 17.6 Å². The maximum atomic E-state index is 11.2. The quantitative estimate of drug-likeness (QED) is 0.647. The fourth-order valence-electron chi connectivity index (χ4n) is 2.38. The second-order valence-corrected chi connectivity index (χ2v) is 4.95. The molecule has 0 aromatic carbocycles. The Hall–Kier alpha value is -0.860. The predicted molar refractivity (Wildman–Crippen MR) is 62.2 cm³/mol. The van der Waals surface area contributed by atoms with Gasteiger partial charge in [0.25, 0.3) is 0 Å². The van der Waals surface area contributed by atoms with Crippen LogP contribution in [0.3, 0.4) is 0 Å². The molecule has 0 bridgehead atoms. The molecule has 1 N–H and O–H groups in total. The maximum Gasteiger partial charge on any atom is 0.303 e. The summed E-state index contributed by atoms with van der Waals surface area (Å²) in [5.41, 5.74) is 0. The van der Waals surface area contributed by atoms with Crippen LogP contribution < -0.4 is 0 Å². The van der Waals surface area contributed by atoms with Crippen LogP contribution in [0.1, 0.15) is 58.3 Å². The van der Waals surface area contributed by atoms with Gasteiger partial charge in [-0.15, -0.1) is 0 Å². The third-order valence-corrected chi connectivity index (χ3v) is 3.53. The first-order valence-electron chi connectivity index (χ1n) is 6.35. The van der Waals surface area contributed by atoms with Crippen molar-refractivity contribution in [3.05, 3.63) is 0 Å². The molecule has 0 amide bonds. The van der Waals surface area contributed by atoms with Gasteiger partial charge in [-0.25, -0.2) is 0 Å². The number of rotatable bonds is 8. The normalized spacial score (nSPS) is 24.2. The zero-order valence-corrected chi connectivity index (χ0v) is 10.1. The van der Waals surface area contributed by atoms with Crippen molar-refractivity contribution in [1.29, 1.82) is 0 Å². The first kappa shape index (κ1) is 13.2. The maximum absolute atomic E-state index is 11.2. The molecule has 3 heteroatoms. The Morgan fingerprint density at radius 3 is 2.44 bits per heavy atom. The summed E-state index contributed by atoms with van der Waals surface area (Å²) in [4.78, 5) is 21.5. The van der Waals surface area contributed by atoms with Crippen LogP contribution in [0.2, 0.25) is 0 Å². The summed E-state index contributed by atoms with van der Waals surface area (Å²) in [7, 11) is 0. The van der Waals surface area contributed by atoms with Gasteiger partial charge >= 0.3 is 5.97 Å². The molecule has 0 aromatic rings. The molecule has 0 spiro atoms. The number of carboxylic acid groups (broad SMARTS) is 1. The molecule has 16 heavy (non-hydrogen) atoms. The molecule has 1 aliphatic carbocycles. The molecule has 1 rings (SSSR count). The number of hydrogen-bond acceptors (Lipinski definition) is 2. The second-order valence-electron chi connectivity index (χ2n) is 4.95. The SMILES string of the molecule is CC1CC(=O)C1CCCCCCCC(=O)O. The molecule has 3 nitrogen and oxygen atoms in total. The van der Waals surface area contributed by atoms with Gasteiger partial charge in [0.15, 0.2) is 0 Å². The number of carbonyl (C=O) groups excluding carboxylic acids is 1. The lowest BCUT2D eigenvalue weighted by molar-refractivity contribution is -0.137. The molecule has 1 fully saturated rings. The van der Waals surface area contributed by atoms with Gasteiger partial charge in [-0.3, -0.25) is 9.59 Å². The Balaban J connectivity index is 1.88. The number of carboxylic acids is 1. The van der Waals surface area contributed by atoms with Crippen molar-refractivity contribution in [3.63, 3.8) is 0 Å². The van der Waals surface area contributed by atoms with Crippen LogP contribution in [-0.4, -0.2) is 16.9 Å². The van der Waals surface area contributed by atoms with Crippen molar-refractivity contribution in [1.82, 2.24) is 0 Å². The van der Waals surface area contributed by atoms with E-state index in [1.807, 2.05) is 0 Å². The number of unbranched alkanes of at least 4 members (excludes halogenated alkanes) is 4. The van der Waals surface area contributed by atoms with E-state index >= 15 is 0 Å². The molecule has 0 aliphatic heterocycles. The van der Waals surface area contributed by atoms with Gasteiger partial charge < -0.3 is 5.11 Å². The van der Waals surface area contributed by atoms with E-state index in [1.165, 1.54) is 0 Å². The standard InChI is InChI=1S/C13H22O3/c1-10-9-12(14)11(10)7-5-3-2-4-6-8-13(15)16/h10-11H,2-9H2,1H3,(H,15,16). The molecule has 1 aliphatic rings. The number of carbonyl (C=O) groups is 2. The molecule has 2 unspecified atom stereocenters. The minimum absolute atomic E-state index is 0.290. The van der Waals surface area contributed by atoms with Crippen molar-refractivity contribution in [2.24, 2.45) is 11.8 Å². The first-order valence-corrected chi connectivity index (χ1v) is 6.35. The number of ketones is 1. The van der Waals surface area contributed by atoms with Crippen LogP contribution in [0.5, 0.6) is 0 Å². The van der Waals surface area contributed by atoms with Crippen molar-refractivity contribution >= 4 is 11.8 Å². The van der Waals surface area contributed by atoms with Gasteiger partial charge in [0.1, 0.15) is 5.78 Å². The van der Waals surface area contributed by atoms with Crippen LogP contribution >= 0.6 is 0 Å². The van der Waals surface area contributed by atoms with E-state index in [4.69, 9.17) is 5.11 Å². The minimum Gasteiger partial charge on any atom is -0.481 e. The zero-order chi connectivity index (χ0) is 12.0. The smallest absolute Gasteiger partial charge is 0.303 e. The molecule has 1 saturated carbocycles. The van der Waals surface area contributed by atoms with Gasteiger partial charge in [-0.05, 0) is 18.8 Å². The lowest BCUT2D eigenvalue weighted by atomic mass is 9.71. The minimum atomic E-state index is -0.700. The predicted octanol–water partition coefficient (Wildman–Crippen LogP) is 3.03. The molecule has 92 valence electrons. The van der Waals surface area contributed by atoms with E-state index in [9.17, 15) is 9.59 Å². The molecule has 2 atom stereocenters. The van der Waals surface area contributed by atoms with E-state index in [0.717, 1.165) is 44.9 Å². The summed E-state index contributed by atoms with van der Waals surface area (Å²) in [6.45, 7) is 2.15. The van der Waals surface area contributed by atoms with Crippen molar-refractivity contribution < 1.29 is 14.7 Å². The fourth-order valence-corrected chi connectivity index (χ4v) is 2.38. The third-order valence-electron chi connectivity index (χ3n) is 3.53. The number of aliphatic carboxylic acids is 1. The highest BCUT2D eigenvalue weighted by Crippen LogP contribution is 2.34. The van der Waals surface area contributed by atoms with Gasteiger partial charge in [0.05, 0.1) is 0 Å². The highest BCUT2D eigenvalue weighted by molar-refractivity contribution is 5.87. The molecular weight excluding hydrogens is 204 g/mol. The lowest BCUT2D eigenvalue weighted by Crippen LogP contribution is -2.34. The Labute approximate surface area is 97.2 Å². The summed E-state index contributed by atoms with van der Waals surface area (Å²) in [6.07, 6.45) is 7.25. The van der Waals surface area contributed by atoms with Crippen molar-refractivity contribution in [3.8, 4) is 0 Å². The highest BCUT2D eigenvalue weighted by Gasteiger charge is 2.34. The Morgan fingerprint density at radius 2 is 1.88 bits per heavy atom. The summed E-state index contributed by atoms with van der Waals surface area (Å²) in [5.74, 6) is 0.672. The van der Waals surface area contributed by atoms with E-state index in [-0.39, 0.29) is 6.42 Å². The molecule has 0 aromatic heterocycles. The fraction of sp³-hybridized carbons (Fsp3) is 0.846. The van der Waals surface area contributed by atoms with E-state index in [1.54, 1.807) is 0 Å². The Morgan fingerprint density at radius 1 is 1.25 bits per heavy atom. The highest BCUT2D eigenvalue weighted by atomic mass is 16.4. The van der Waals surface area contributed by atoms with Crippen molar-refractivity contribution in [2.45, 2.75) is 58.3 Å². The Kier molecular flexibility index (Phi) is 5.50. The lowest BCUT2D eigenvalue weighted by Gasteiger charge is -2.32. The summed E-state index contributed by atoms with van der Waals surface area (Å²) in [5, 5.41) is 8.45. The van der Waals surface area contributed by atoms with Gasteiger partial charge in [-0.2, -0.15) is 0 Å². The second kappa shape index (κ2) is 6.66. The van der Waals surface area contributed by atoms with Gasteiger partial charge in [0, 0.05) is 18.8 Å². The third kappa shape index (κ3) is 4.33. The van der Waals surface area contributed by atoms with Crippen LogP contribution in [0.4, 0.5) is 0 Å². The summed E-state index contributed by atoms with van der Waals surface area (Å²) < 4.78 is 0. The van der Waals surface area contributed by atoms with Crippen LogP contribution in [0.15, 0.2) is 0 Å². The zero-order valence-electron chi connectivity index (χ0n) is 10.1. The molecule has 0 radical (unpaired) electrons. The summed E-state index contributed by atoms with van der Waals surface area (Å²) >= 11 is 0. The van der Waals surface area contributed by atoms with Crippen LogP contribution in [0, 0.1) is 11.8 Å². The first-order chi connectivity index (χ1) is 7.61. The molecule has 0 heterocycles. The summed E-state index contributed by atoms with van der Waals surface area (Å²) in [6, 6.07) is 0. The average Bonchev–Trinajstić information content (AvgIpc) is 2.21. The van der Waals surface area contributed by atoms with Gasteiger partial charge in [-0.1, -0.05) is 32.6 Å². The largest absolute Gasteiger partial charge is 0.481 e. The topological polar surface area (TPSA) is 54.4 Å². The number of hydrogen-bond donors (Lipinski definition) is 1. The average molecular weight is 226 g/mol. The van der Waals surface area contributed by atoms with E-state index in [2.05, 4.69) is 6.92 Å². The molecule has 0 saturated heterocycles. The van der Waals surface area contributed by atoms with E-state index < -0.39 is 5.97 Å². The number of Topliss-reactive ketones (excluding diaryl/α,β-unsaturated/α-hetero) is 1. The monoisotopic (exact) mass is 226 g/mol. The van der Waals surface area contributed by atoms with Gasteiger partial charge in [0.2, 0.25) is 0 Å². The van der Waals surface area contributed by atoms with Crippen LogP contribution in [-0.2, 0) is 9.59 Å². The van der Waals surface area contributed by atoms with Crippen molar-refractivity contribution in [2.75, 3.05) is 0 Å². The van der Waals surface area contributed by atoms with Crippen LogP contribution in [0.25, 0.3) is 0 Å². The molecular formula is C13H22O3.